The van der Waals surface area contributed by atoms with Crippen LogP contribution in [0.3, 0.4) is 0 Å². The van der Waals surface area contributed by atoms with Crippen molar-refractivity contribution in [1.29, 1.82) is 0 Å². The third-order valence-corrected chi connectivity index (χ3v) is 3.69. The molecule has 0 heterocycles. The lowest BCUT2D eigenvalue weighted by Gasteiger charge is -2.08. The molecule has 0 atom stereocenters. The fraction of sp³-hybridized carbons (Fsp3) is 0.190. The van der Waals surface area contributed by atoms with Crippen LogP contribution in [0.15, 0.2) is 66.7 Å². The number of carbonyl (C=O) groups excluding carboxylic acids is 3. The topological polar surface area (TPSA) is 81.7 Å². The molecule has 0 amide bonds. The van der Waals surface area contributed by atoms with Gasteiger partial charge in [0, 0.05) is 29.8 Å². The molecule has 1 N–H and O–H groups in total. The van der Waals surface area contributed by atoms with Crippen LogP contribution in [-0.2, 0) is 9.53 Å². The zero-order valence-electron chi connectivity index (χ0n) is 15.1. The Morgan fingerprint density at radius 2 is 1.59 bits per heavy atom. The van der Waals surface area contributed by atoms with Gasteiger partial charge >= 0.3 is 6.16 Å². The number of hydrogen-bond donors (Lipinski definition) is 1. The van der Waals surface area contributed by atoms with Gasteiger partial charge in [-0.2, -0.15) is 0 Å². The molecular weight excluding hydrogens is 346 g/mol. The SMILES string of the molecule is C=C(CNCCOC(=O)Oc1ccc(C(=O)c2ccccc2)cc1)C(C)=O. The first-order valence-electron chi connectivity index (χ1n) is 8.41. The summed E-state index contributed by atoms with van der Waals surface area (Å²) in [6.07, 6.45) is -0.843. The number of carbonyl (C=O) groups is 3. The van der Waals surface area contributed by atoms with Gasteiger partial charge in [0.25, 0.3) is 0 Å². The van der Waals surface area contributed by atoms with Gasteiger partial charge in [0.1, 0.15) is 12.4 Å². The minimum absolute atomic E-state index is 0.0861. The molecule has 2 aromatic rings. The summed E-state index contributed by atoms with van der Waals surface area (Å²) in [5, 5.41) is 2.93. The van der Waals surface area contributed by atoms with E-state index in [4.69, 9.17) is 9.47 Å². The van der Waals surface area contributed by atoms with E-state index in [-0.39, 0.29) is 23.9 Å². The summed E-state index contributed by atoms with van der Waals surface area (Å²) >= 11 is 0. The fourth-order valence-corrected chi connectivity index (χ4v) is 2.13. The van der Waals surface area contributed by atoms with Crippen LogP contribution in [0.1, 0.15) is 22.8 Å². The van der Waals surface area contributed by atoms with Crippen LogP contribution in [0.5, 0.6) is 5.75 Å². The van der Waals surface area contributed by atoms with Gasteiger partial charge < -0.3 is 14.8 Å². The van der Waals surface area contributed by atoms with Gasteiger partial charge in [0.2, 0.25) is 0 Å². The molecule has 27 heavy (non-hydrogen) atoms. The number of nitrogens with one attached hydrogen (secondary N) is 1. The van der Waals surface area contributed by atoms with E-state index in [9.17, 15) is 14.4 Å². The predicted molar refractivity (Wildman–Crippen MR) is 101 cm³/mol. The Kier molecular flexibility index (Phi) is 7.46. The quantitative estimate of drug-likeness (QED) is 0.241. The van der Waals surface area contributed by atoms with E-state index < -0.39 is 6.16 Å². The summed E-state index contributed by atoms with van der Waals surface area (Å²) in [5.41, 5.74) is 1.55. The molecule has 0 saturated carbocycles. The lowest BCUT2D eigenvalue weighted by atomic mass is 10.0. The molecule has 2 aromatic carbocycles. The van der Waals surface area contributed by atoms with Crippen molar-refractivity contribution >= 4 is 17.7 Å². The van der Waals surface area contributed by atoms with Crippen LogP contribution in [0, 0.1) is 0 Å². The fourth-order valence-electron chi connectivity index (χ4n) is 2.13. The molecule has 0 radical (unpaired) electrons. The molecule has 0 fully saturated rings. The van der Waals surface area contributed by atoms with Crippen molar-refractivity contribution in [3.05, 3.63) is 77.9 Å². The molecule has 0 aliphatic heterocycles. The maximum atomic E-state index is 12.3. The smallest absolute Gasteiger partial charge is 0.433 e. The predicted octanol–water partition coefficient (Wildman–Crippen LogP) is 3.17. The Bertz CT molecular complexity index is 812. The maximum Gasteiger partial charge on any atom is 0.513 e. The Hall–Kier alpha value is -3.25. The molecule has 0 aliphatic rings. The van der Waals surface area contributed by atoms with Crippen molar-refractivity contribution in [2.45, 2.75) is 6.92 Å². The first kappa shape index (κ1) is 20.1. The number of benzene rings is 2. The van der Waals surface area contributed by atoms with Crippen molar-refractivity contribution in [2.75, 3.05) is 19.7 Å². The van der Waals surface area contributed by atoms with Crippen molar-refractivity contribution < 1.29 is 23.9 Å². The number of hydrogen-bond acceptors (Lipinski definition) is 6. The Morgan fingerprint density at radius 1 is 0.963 bits per heavy atom. The van der Waals surface area contributed by atoms with Crippen molar-refractivity contribution in [3.63, 3.8) is 0 Å². The van der Waals surface area contributed by atoms with Gasteiger partial charge in [-0.25, -0.2) is 4.79 Å². The van der Waals surface area contributed by atoms with Gasteiger partial charge in [0.05, 0.1) is 0 Å². The van der Waals surface area contributed by atoms with Crippen LogP contribution in [0.2, 0.25) is 0 Å². The van der Waals surface area contributed by atoms with Crippen LogP contribution >= 0.6 is 0 Å². The minimum Gasteiger partial charge on any atom is -0.433 e. The second-order valence-electron chi connectivity index (χ2n) is 5.76. The average molecular weight is 367 g/mol. The molecule has 2 rings (SSSR count). The third-order valence-electron chi connectivity index (χ3n) is 3.69. The van der Waals surface area contributed by atoms with Gasteiger partial charge in [-0.15, -0.1) is 0 Å². The van der Waals surface area contributed by atoms with Gasteiger partial charge in [-0.3, -0.25) is 9.59 Å². The molecular formula is C21H21NO5. The number of ether oxygens (including phenoxy) is 2. The highest BCUT2D eigenvalue weighted by Crippen LogP contribution is 2.16. The van der Waals surface area contributed by atoms with E-state index in [1.807, 2.05) is 6.07 Å². The van der Waals surface area contributed by atoms with Gasteiger partial charge in [-0.05, 0) is 31.2 Å². The Labute approximate surface area is 157 Å². The summed E-state index contributed by atoms with van der Waals surface area (Å²) in [6, 6.07) is 15.2. The van der Waals surface area contributed by atoms with E-state index in [2.05, 4.69) is 11.9 Å². The van der Waals surface area contributed by atoms with Crippen LogP contribution in [0.4, 0.5) is 4.79 Å². The van der Waals surface area contributed by atoms with E-state index >= 15 is 0 Å². The lowest BCUT2D eigenvalue weighted by Crippen LogP contribution is -2.25. The normalized spacial score (nSPS) is 10.1. The number of ketones is 2. The third kappa shape index (κ3) is 6.52. The monoisotopic (exact) mass is 367 g/mol. The second-order valence-corrected chi connectivity index (χ2v) is 5.76. The molecule has 0 unspecified atom stereocenters. The Morgan fingerprint density at radius 3 is 2.22 bits per heavy atom. The summed E-state index contributed by atoms with van der Waals surface area (Å²) in [6.45, 7) is 5.85. The average Bonchev–Trinajstić information content (AvgIpc) is 2.68. The molecule has 140 valence electrons. The summed E-state index contributed by atoms with van der Waals surface area (Å²) in [7, 11) is 0. The zero-order chi connectivity index (χ0) is 19.6. The minimum atomic E-state index is -0.843. The molecule has 0 aromatic heterocycles. The van der Waals surface area contributed by atoms with Gasteiger partial charge in [0.15, 0.2) is 11.6 Å². The highest BCUT2D eigenvalue weighted by molar-refractivity contribution is 6.09. The molecule has 0 saturated heterocycles. The zero-order valence-corrected chi connectivity index (χ0v) is 15.1. The number of rotatable bonds is 9. The largest absolute Gasteiger partial charge is 0.513 e. The molecule has 0 bridgehead atoms. The van der Waals surface area contributed by atoms with Crippen molar-refractivity contribution in [3.8, 4) is 5.75 Å². The van der Waals surface area contributed by atoms with Crippen molar-refractivity contribution in [1.82, 2.24) is 5.32 Å². The molecule has 6 heteroatoms. The van der Waals surface area contributed by atoms with E-state index in [1.165, 1.54) is 19.1 Å². The molecule has 0 spiro atoms. The van der Waals surface area contributed by atoms with Crippen LogP contribution < -0.4 is 10.1 Å². The number of Topliss-reactive ketones (excluding diaryl/α,β-unsaturated/α-hetero) is 1. The highest BCUT2D eigenvalue weighted by Gasteiger charge is 2.10. The summed E-state index contributed by atoms with van der Waals surface area (Å²) < 4.78 is 9.98. The van der Waals surface area contributed by atoms with E-state index in [0.717, 1.165) is 0 Å². The summed E-state index contributed by atoms with van der Waals surface area (Å²) in [5.74, 6) is 0.0856. The maximum absolute atomic E-state index is 12.3. The van der Waals surface area contributed by atoms with E-state index in [1.54, 1.807) is 36.4 Å². The Balaban J connectivity index is 1.75. The highest BCUT2D eigenvalue weighted by atomic mass is 16.7. The first-order chi connectivity index (χ1) is 13.0. The molecule has 0 aliphatic carbocycles. The standard InChI is InChI=1S/C21H21NO5/c1-15(16(2)23)14-22-12-13-26-21(25)27-19-10-8-18(9-11-19)20(24)17-6-4-3-5-7-17/h3-11,22H,1,12-14H2,2H3. The van der Waals surface area contributed by atoms with Crippen LogP contribution in [0.25, 0.3) is 0 Å². The van der Waals surface area contributed by atoms with Crippen molar-refractivity contribution in [2.24, 2.45) is 0 Å². The van der Waals surface area contributed by atoms with Crippen LogP contribution in [-0.4, -0.2) is 37.4 Å². The lowest BCUT2D eigenvalue weighted by molar-refractivity contribution is -0.113. The van der Waals surface area contributed by atoms with E-state index in [0.29, 0.717) is 29.8 Å². The first-order valence-corrected chi connectivity index (χ1v) is 8.41. The second kappa shape index (κ2) is 10.0. The summed E-state index contributed by atoms with van der Waals surface area (Å²) in [4.78, 5) is 35.0. The molecule has 6 nitrogen and oxygen atoms in total. The van der Waals surface area contributed by atoms with Gasteiger partial charge in [-0.1, -0.05) is 36.9 Å².